The van der Waals surface area contributed by atoms with Crippen LogP contribution in [0.2, 0.25) is 0 Å². The van der Waals surface area contributed by atoms with Crippen molar-refractivity contribution in [3.8, 4) is 0 Å². The predicted octanol–water partition coefficient (Wildman–Crippen LogP) is 3.76. The van der Waals surface area contributed by atoms with Gasteiger partial charge in [0.15, 0.2) is 0 Å². The normalized spacial score (nSPS) is 12.2. The molecule has 112 valence electrons. The van der Waals surface area contributed by atoms with Crippen molar-refractivity contribution in [3.63, 3.8) is 0 Å². The first-order valence-corrected chi connectivity index (χ1v) is 8.08. The second-order valence-electron chi connectivity index (χ2n) is 5.29. The van der Waals surface area contributed by atoms with Crippen molar-refractivity contribution in [1.82, 2.24) is 4.98 Å². The number of nitrogens with zero attached hydrogens (tertiary/aromatic N) is 2. The van der Waals surface area contributed by atoms with Gasteiger partial charge in [0, 0.05) is 28.9 Å². The van der Waals surface area contributed by atoms with Gasteiger partial charge in [-0.25, -0.2) is 0 Å². The monoisotopic (exact) mass is 347 g/mol. The van der Waals surface area contributed by atoms with Gasteiger partial charge in [-0.3, -0.25) is 4.98 Å². The molecule has 0 radical (unpaired) electrons. The molecule has 0 fully saturated rings. The minimum atomic E-state index is 0.145. The molecule has 3 nitrogen and oxygen atoms in total. The maximum absolute atomic E-state index is 5.99. The van der Waals surface area contributed by atoms with Crippen molar-refractivity contribution in [2.24, 2.45) is 5.73 Å². The van der Waals surface area contributed by atoms with Crippen molar-refractivity contribution in [3.05, 3.63) is 58.3 Å². The lowest BCUT2D eigenvalue weighted by Crippen LogP contribution is -2.26. The maximum Gasteiger partial charge on any atom is 0.0601 e. The van der Waals surface area contributed by atoms with E-state index in [-0.39, 0.29) is 6.04 Å². The maximum atomic E-state index is 5.99. The van der Waals surface area contributed by atoms with Gasteiger partial charge in [-0.2, -0.15) is 0 Å². The van der Waals surface area contributed by atoms with Crippen LogP contribution >= 0.6 is 15.9 Å². The van der Waals surface area contributed by atoms with E-state index < -0.39 is 0 Å². The first-order valence-electron chi connectivity index (χ1n) is 7.29. The Balaban J connectivity index is 2.28. The number of anilines is 1. The summed E-state index contributed by atoms with van der Waals surface area (Å²) in [5.74, 6) is 0. The fraction of sp³-hybridized carbons (Fsp3) is 0.353. The van der Waals surface area contributed by atoms with Crippen molar-refractivity contribution in [2.45, 2.75) is 32.9 Å². The molecule has 0 bridgehead atoms. The largest absolute Gasteiger partial charge is 0.366 e. The van der Waals surface area contributed by atoms with Gasteiger partial charge in [0.2, 0.25) is 0 Å². The zero-order chi connectivity index (χ0) is 15.2. The lowest BCUT2D eigenvalue weighted by Gasteiger charge is -2.26. The second kappa shape index (κ2) is 7.57. The topological polar surface area (TPSA) is 42.2 Å². The van der Waals surface area contributed by atoms with Crippen molar-refractivity contribution in [2.75, 3.05) is 11.4 Å². The summed E-state index contributed by atoms with van der Waals surface area (Å²) in [6, 6.07) is 12.6. The van der Waals surface area contributed by atoms with Crippen LogP contribution in [-0.4, -0.2) is 17.6 Å². The van der Waals surface area contributed by atoms with E-state index in [1.54, 1.807) is 0 Å². The summed E-state index contributed by atoms with van der Waals surface area (Å²) in [6.45, 7) is 5.95. The van der Waals surface area contributed by atoms with Crippen LogP contribution in [0.1, 0.15) is 25.1 Å². The molecule has 1 aromatic carbocycles. The van der Waals surface area contributed by atoms with E-state index in [2.05, 4.69) is 57.0 Å². The van der Waals surface area contributed by atoms with Crippen LogP contribution in [0.25, 0.3) is 0 Å². The Kier molecular flexibility index (Phi) is 5.76. The third-order valence-corrected chi connectivity index (χ3v) is 3.88. The first kappa shape index (κ1) is 16.0. The molecule has 0 amide bonds. The highest BCUT2D eigenvalue weighted by molar-refractivity contribution is 9.10. The van der Waals surface area contributed by atoms with Crippen molar-refractivity contribution < 1.29 is 0 Å². The van der Waals surface area contributed by atoms with E-state index in [9.17, 15) is 0 Å². The molecule has 1 aromatic heterocycles. The first-order chi connectivity index (χ1) is 10.1. The third-order valence-electron chi connectivity index (χ3n) is 3.38. The van der Waals surface area contributed by atoms with E-state index in [1.807, 2.05) is 25.3 Å². The highest BCUT2D eigenvalue weighted by Gasteiger charge is 2.12. The van der Waals surface area contributed by atoms with Gasteiger partial charge in [-0.05, 0) is 56.2 Å². The van der Waals surface area contributed by atoms with Crippen molar-refractivity contribution in [1.29, 1.82) is 0 Å². The molecule has 0 spiro atoms. The summed E-state index contributed by atoms with van der Waals surface area (Å²) in [7, 11) is 0. The van der Waals surface area contributed by atoms with Gasteiger partial charge in [-0.1, -0.05) is 22.0 Å². The Bertz CT molecular complexity index is 570. The van der Waals surface area contributed by atoms with Crippen LogP contribution in [0, 0.1) is 0 Å². The van der Waals surface area contributed by atoms with E-state index in [4.69, 9.17) is 5.73 Å². The number of pyridine rings is 1. The van der Waals surface area contributed by atoms with E-state index in [0.717, 1.165) is 29.7 Å². The molecular formula is C17H22BrN3. The predicted molar refractivity (Wildman–Crippen MR) is 92.5 cm³/mol. The zero-order valence-corrected chi connectivity index (χ0v) is 14.2. The highest BCUT2D eigenvalue weighted by Crippen LogP contribution is 2.26. The van der Waals surface area contributed by atoms with Crippen molar-refractivity contribution >= 4 is 21.6 Å². The number of halogens is 1. The molecular weight excluding hydrogens is 326 g/mol. The molecule has 0 saturated carbocycles. The average Bonchev–Trinajstić information content (AvgIpc) is 2.46. The van der Waals surface area contributed by atoms with Crippen LogP contribution < -0.4 is 10.6 Å². The minimum absolute atomic E-state index is 0.145. The highest BCUT2D eigenvalue weighted by atomic mass is 79.9. The Hall–Kier alpha value is -1.39. The molecule has 21 heavy (non-hydrogen) atoms. The average molecular weight is 348 g/mol. The minimum Gasteiger partial charge on any atom is -0.366 e. The number of hydrogen-bond acceptors (Lipinski definition) is 3. The molecule has 0 aliphatic rings. The number of rotatable bonds is 6. The number of aromatic nitrogens is 1. The third kappa shape index (κ3) is 4.55. The zero-order valence-electron chi connectivity index (χ0n) is 12.6. The van der Waals surface area contributed by atoms with Crippen LogP contribution in [0.5, 0.6) is 0 Å². The number of hydrogen-bond donors (Lipinski definition) is 1. The van der Waals surface area contributed by atoms with Crippen LogP contribution in [0.4, 0.5) is 5.69 Å². The summed E-state index contributed by atoms with van der Waals surface area (Å²) in [4.78, 5) is 6.76. The van der Waals surface area contributed by atoms with Gasteiger partial charge in [0.1, 0.15) is 0 Å². The molecule has 4 heteroatoms. The summed E-state index contributed by atoms with van der Waals surface area (Å²) in [6.07, 6.45) is 2.71. The molecule has 2 rings (SSSR count). The Morgan fingerprint density at radius 2 is 2.10 bits per heavy atom. The summed E-state index contributed by atoms with van der Waals surface area (Å²) < 4.78 is 1.09. The summed E-state index contributed by atoms with van der Waals surface area (Å²) in [5, 5.41) is 0. The molecule has 1 atom stereocenters. The SMILES string of the molecule is CCN(Cc1ccccn1)c1ccc(Br)cc1CC(C)N. The quantitative estimate of drug-likeness (QED) is 0.864. The standard InChI is InChI=1S/C17H22BrN3/c1-3-21(12-16-6-4-5-9-20-16)17-8-7-15(18)11-14(17)10-13(2)19/h4-9,11,13H,3,10,12,19H2,1-2H3. The van der Waals surface area contributed by atoms with Crippen LogP contribution in [0.3, 0.4) is 0 Å². The molecule has 0 aliphatic carbocycles. The Morgan fingerprint density at radius 1 is 1.29 bits per heavy atom. The lowest BCUT2D eigenvalue weighted by atomic mass is 10.0. The Morgan fingerprint density at radius 3 is 2.71 bits per heavy atom. The van der Waals surface area contributed by atoms with Crippen LogP contribution in [0.15, 0.2) is 47.1 Å². The van der Waals surface area contributed by atoms with Gasteiger partial charge >= 0.3 is 0 Å². The van der Waals surface area contributed by atoms with Gasteiger partial charge in [0.25, 0.3) is 0 Å². The molecule has 2 aromatic rings. The van der Waals surface area contributed by atoms with E-state index in [1.165, 1.54) is 11.3 Å². The van der Waals surface area contributed by atoms with E-state index >= 15 is 0 Å². The molecule has 0 saturated heterocycles. The van der Waals surface area contributed by atoms with Crippen LogP contribution in [-0.2, 0) is 13.0 Å². The molecule has 1 unspecified atom stereocenters. The fourth-order valence-electron chi connectivity index (χ4n) is 2.43. The molecule has 2 N–H and O–H groups in total. The summed E-state index contributed by atoms with van der Waals surface area (Å²) in [5.41, 5.74) is 9.58. The van der Waals surface area contributed by atoms with E-state index in [0.29, 0.717) is 0 Å². The molecule has 0 aliphatic heterocycles. The fourth-order valence-corrected chi connectivity index (χ4v) is 2.84. The van der Waals surface area contributed by atoms with Gasteiger partial charge in [0.05, 0.1) is 12.2 Å². The molecule has 1 heterocycles. The second-order valence-corrected chi connectivity index (χ2v) is 6.21. The summed E-state index contributed by atoms with van der Waals surface area (Å²) >= 11 is 3.55. The lowest BCUT2D eigenvalue weighted by molar-refractivity contribution is 0.727. The Labute approximate surface area is 135 Å². The van der Waals surface area contributed by atoms with Gasteiger partial charge < -0.3 is 10.6 Å². The smallest absolute Gasteiger partial charge is 0.0601 e. The van der Waals surface area contributed by atoms with Gasteiger partial charge in [-0.15, -0.1) is 0 Å². The number of benzene rings is 1. The number of nitrogens with two attached hydrogens (primary N) is 1.